The molecule has 3 heterocycles. The van der Waals surface area contributed by atoms with E-state index in [1.165, 1.54) is 0 Å². The van der Waals surface area contributed by atoms with Gasteiger partial charge in [-0.25, -0.2) is 0 Å². The van der Waals surface area contributed by atoms with E-state index in [1.54, 1.807) is 30.5 Å². The minimum Gasteiger partial charge on any atom is -0.478 e. The minimum atomic E-state index is -0.147. The molecule has 0 atom stereocenters. The molecule has 31 heavy (non-hydrogen) atoms. The first kappa shape index (κ1) is 20.1. The fourth-order valence-electron chi connectivity index (χ4n) is 3.88. The summed E-state index contributed by atoms with van der Waals surface area (Å²) in [5.41, 5.74) is 4.12. The number of hydrogen-bond donors (Lipinski definition) is 0. The molecule has 0 amide bonds. The molecule has 0 spiro atoms. The van der Waals surface area contributed by atoms with Gasteiger partial charge in [-0.05, 0) is 54.0 Å². The van der Waals surface area contributed by atoms with Gasteiger partial charge in [0.05, 0.1) is 21.2 Å². The number of aryl methyl sites for hydroxylation is 1. The Morgan fingerprint density at radius 3 is 2.84 bits per heavy atom. The van der Waals surface area contributed by atoms with E-state index in [-0.39, 0.29) is 11.5 Å². The maximum Gasteiger partial charge on any atom is 0.232 e. The van der Waals surface area contributed by atoms with Crippen molar-refractivity contribution in [2.75, 3.05) is 6.73 Å². The van der Waals surface area contributed by atoms with Gasteiger partial charge in [-0.1, -0.05) is 35.3 Å². The molecule has 5 rings (SSSR count). The van der Waals surface area contributed by atoms with Gasteiger partial charge in [0.1, 0.15) is 18.2 Å². The average molecular weight is 453 g/mol. The Morgan fingerprint density at radius 1 is 1.19 bits per heavy atom. The Bertz CT molecular complexity index is 1230. The van der Waals surface area contributed by atoms with Crippen LogP contribution in [0.1, 0.15) is 32.6 Å². The number of rotatable bonds is 3. The predicted octanol–water partition coefficient (Wildman–Crippen LogP) is 5.67. The third-order valence-corrected chi connectivity index (χ3v) is 6.10. The molecule has 3 aromatic rings. The first-order valence-corrected chi connectivity index (χ1v) is 10.5. The van der Waals surface area contributed by atoms with Gasteiger partial charge in [0.2, 0.25) is 5.78 Å². The van der Waals surface area contributed by atoms with Crippen LogP contribution in [0.3, 0.4) is 0 Å². The van der Waals surface area contributed by atoms with Crippen LogP contribution in [0, 0.1) is 6.92 Å². The minimum absolute atomic E-state index is 0.147. The van der Waals surface area contributed by atoms with Crippen LogP contribution < -0.4 is 9.47 Å². The van der Waals surface area contributed by atoms with Crippen LogP contribution in [-0.4, -0.2) is 22.4 Å². The highest BCUT2D eigenvalue weighted by molar-refractivity contribution is 6.42. The maximum atomic E-state index is 13.1. The number of allylic oxidation sites excluding steroid dienone is 1. The van der Waals surface area contributed by atoms with E-state index in [0.717, 1.165) is 28.0 Å². The molecule has 2 aliphatic heterocycles. The lowest BCUT2D eigenvalue weighted by molar-refractivity contribution is 0.0871. The van der Waals surface area contributed by atoms with Crippen molar-refractivity contribution >= 4 is 35.1 Å². The van der Waals surface area contributed by atoms with Gasteiger partial charge in [0, 0.05) is 25.5 Å². The standard InChI is InChI=1S/C24H18Cl2N2O3/c1-14-7-20-17(12-28(13-30-20)11-16-3-2-6-27-10-16)24-22(14)23(29)21(31-24)9-15-4-5-18(25)19(26)8-15/h2-10H,11-13H2,1H3/b21-9-. The molecule has 2 aliphatic rings. The van der Waals surface area contributed by atoms with E-state index in [9.17, 15) is 4.79 Å². The number of carbonyl (C=O) groups excluding carboxylic acids is 1. The average Bonchev–Trinajstić information content (AvgIpc) is 3.09. The quantitative estimate of drug-likeness (QED) is 0.479. The van der Waals surface area contributed by atoms with Crippen molar-refractivity contribution < 1.29 is 14.3 Å². The third-order valence-electron chi connectivity index (χ3n) is 5.36. The van der Waals surface area contributed by atoms with Gasteiger partial charge in [0.15, 0.2) is 5.76 Å². The van der Waals surface area contributed by atoms with Crippen LogP contribution in [0.4, 0.5) is 0 Å². The lowest BCUT2D eigenvalue weighted by Crippen LogP contribution is -2.31. The van der Waals surface area contributed by atoms with Crippen LogP contribution >= 0.6 is 23.2 Å². The molecule has 2 aromatic carbocycles. The summed E-state index contributed by atoms with van der Waals surface area (Å²) in [6.45, 7) is 3.66. The normalized spacial score (nSPS) is 16.6. The van der Waals surface area contributed by atoms with E-state index in [1.807, 2.05) is 31.3 Å². The zero-order chi connectivity index (χ0) is 21.5. The number of carbonyl (C=O) groups is 1. The Balaban J connectivity index is 1.47. The molecule has 0 N–H and O–H groups in total. The molecular weight excluding hydrogens is 435 g/mol. The van der Waals surface area contributed by atoms with Crippen LogP contribution in [-0.2, 0) is 13.1 Å². The molecule has 0 unspecified atom stereocenters. The van der Waals surface area contributed by atoms with Gasteiger partial charge in [0.25, 0.3) is 0 Å². The molecule has 0 saturated carbocycles. The van der Waals surface area contributed by atoms with Crippen molar-refractivity contribution in [1.82, 2.24) is 9.88 Å². The van der Waals surface area contributed by atoms with E-state index >= 15 is 0 Å². The topological polar surface area (TPSA) is 51.7 Å². The monoisotopic (exact) mass is 452 g/mol. The van der Waals surface area contributed by atoms with E-state index < -0.39 is 0 Å². The molecule has 7 heteroatoms. The number of ketones is 1. The van der Waals surface area contributed by atoms with Gasteiger partial charge in [-0.2, -0.15) is 0 Å². The van der Waals surface area contributed by atoms with Gasteiger partial charge in [-0.15, -0.1) is 0 Å². The van der Waals surface area contributed by atoms with Crippen molar-refractivity contribution in [1.29, 1.82) is 0 Å². The number of ether oxygens (including phenoxy) is 2. The number of Topliss-reactive ketones (excluding diaryl/α,β-unsaturated/α-hetero) is 1. The number of aromatic nitrogens is 1. The zero-order valence-corrected chi connectivity index (χ0v) is 18.2. The highest BCUT2D eigenvalue weighted by Gasteiger charge is 2.35. The van der Waals surface area contributed by atoms with Crippen LogP contribution in [0.2, 0.25) is 10.0 Å². The Morgan fingerprint density at radius 2 is 2.06 bits per heavy atom. The summed E-state index contributed by atoms with van der Waals surface area (Å²) >= 11 is 12.1. The Hall–Kier alpha value is -2.86. The first-order chi connectivity index (χ1) is 15.0. The second kappa shape index (κ2) is 8.00. The predicted molar refractivity (Wildman–Crippen MR) is 120 cm³/mol. The zero-order valence-electron chi connectivity index (χ0n) is 16.7. The fraction of sp³-hybridized carbons (Fsp3) is 0.167. The van der Waals surface area contributed by atoms with Gasteiger partial charge < -0.3 is 9.47 Å². The lowest BCUT2D eigenvalue weighted by atomic mass is 9.98. The molecule has 0 aliphatic carbocycles. The summed E-state index contributed by atoms with van der Waals surface area (Å²) in [4.78, 5) is 19.4. The number of halogens is 2. The number of pyridine rings is 1. The molecule has 0 radical (unpaired) electrons. The van der Waals surface area contributed by atoms with Crippen LogP contribution in [0.15, 0.2) is 54.6 Å². The van der Waals surface area contributed by atoms with E-state index in [0.29, 0.717) is 41.2 Å². The third kappa shape index (κ3) is 3.81. The van der Waals surface area contributed by atoms with Crippen LogP contribution in [0.5, 0.6) is 11.5 Å². The molecule has 0 fully saturated rings. The molecule has 0 bridgehead atoms. The number of hydrogen-bond acceptors (Lipinski definition) is 5. The fourth-order valence-corrected chi connectivity index (χ4v) is 4.19. The summed E-state index contributed by atoms with van der Waals surface area (Å²) < 4.78 is 12.1. The van der Waals surface area contributed by atoms with Gasteiger partial charge >= 0.3 is 0 Å². The van der Waals surface area contributed by atoms with Crippen molar-refractivity contribution in [3.63, 3.8) is 0 Å². The second-order valence-corrected chi connectivity index (χ2v) is 8.42. The number of nitrogens with zero attached hydrogens (tertiary/aromatic N) is 2. The van der Waals surface area contributed by atoms with Crippen LogP contribution in [0.25, 0.3) is 6.08 Å². The first-order valence-electron chi connectivity index (χ1n) is 9.79. The van der Waals surface area contributed by atoms with E-state index in [4.69, 9.17) is 32.7 Å². The van der Waals surface area contributed by atoms with Crippen molar-refractivity contribution in [3.8, 4) is 11.5 Å². The summed E-state index contributed by atoms with van der Waals surface area (Å²) in [6, 6.07) is 11.1. The molecule has 1 aromatic heterocycles. The maximum absolute atomic E-state index is 13.1. The Kier molecular flexibility index (Phi) is 5.18. The highest BCUT2D eigenvalue weighted by Crippen LogP contribution is 2.44. The van der Waals surface area contributed by atoms with E-state index in [2.05, 4.69) is 9.88 Å². The lowest BCUT2D eigenvalue weighted by Gasteiger charge is -2.30. The summed E-state index contributed by atoms with van der Waals surface area (Å²) in [5.74, 6) is 1.43. The van der Waals surface area contributed by atoms with Crippen molar-refractivity contribution in [3.05, 3.63) is 92.4 Å². The highest BCUT2D eigenvalue weighted by atomic mass is 35.5. The molecule has 0 saturated heterocycles. The molecular formula is C24H18Cl2N2O3. The summed E-state index contributed by atoms with van der Waals surface area (Å²) in [7, 11) is 0. The molecule has 5 nitrogen and oxygen atoms in total. The van der Waals surface area contributed by atoms with Crippen molar-refractivity contribution in [2.45, 2.75) is 20.0 Å². The second-order valence-electron chi connectivity index (χ2n) is 7.61. The van der Waals surface area contributed by atoms with Crippen molar-refractivity contribution in [2.24, 2.45) is 0 Å². The van der Waals surface area contributed by atoms with Gasteiger partial charge in [-0.3, -0.25) is 14.7 Å². The summed E-state index contributed by atoms with van der Waals surface area (Å²) in [6.07, 6.45) is 5.28. The summed E-state index contributed by atoms with van der Waals surface area (Å²) in [5, 5.41) is 0.883. The smallest absolute Gasteiger partial charge is 0.232 e. The largest absolute Gasteiger partial charge is 0.478 e. The number of fused-ring (bicyclic) bond motifs is 3. The SMILES string of the molecule is Cc1cc2c(c3c1C(=O)/C(=C/c1ccc(Cl)c(Cl)c1)O3)CN(Cc1cccnc1)CO2. The molecule has 156 valence electrons. The Labute approximate surface area is 189 Å². The number of benzene rings is 2.